The van der Waals surface area contributed by atoms with Crippen molar-refractivity contribution in [1.29, 1.82) is 0 Å². The van der Waals surface area contributed by atoms with Crippen molar-refractivity contribution in [2.75, 3.05) is 19.6 Å². The molecule has 2 amide bonds. The van der Waals surface area contributed by atoms with Gasteiger partial charge in [-0.25, -0.2) is 9.18 Å². The molecule has 1 heterocycles. The highest BCUT2D eigenvalue weighted by Crippen LogP contribution is 2.19. The van der Waals surface area contributed by atoms with Gasteiger partial charge in [0.25, 0.3) is 0 Å². The summed E-state index contributed by atoms with van der Waals surface area (Å²) in [5.74, 6) is -0.372. The quantitative estimate of drug-likeness (QED) is 0.833. The Morgan fingerprint density at radius 2 is 2.15 bits per heavy atom. The highest BCUT2D eigenvalue weighted by molar-refractivity contribution is 5.91. The zero-order valence-electron chi connectivity index (χ0n) is 15.6. The third kappa shape index (κ3) is 6.86. The molecule has 2 rings (SSSR count). The Labute approximate surface area is 154 Å². The van der Waals surface area contributed by atoms with Gasteiger partial charge in [0.05, 0.1) is 0 Å². The van der Waals surface area contributed by atoms with Crippen LogP contribution in [0.25, 0.3) is 6.08 Å². The molecule has 1 aromatic rings. The summed E-state index contributed by atoms with van der Waals surface area (Å²) >= 11 is 0. The van der Waals surface area contributed by atoms with Crippen molar-refractivity contribution >= 4 is 18.1 Å². The number of halogens is 1. The number of piperidine rings is 1. The smallest absolute Gasteiger partial charge is 0.410 e. The van der Waals surface area contributed by atoms with Gasteiger partial charge in [-0.05, 0) is 63.3 Å². The molecule has 142 valence electrons. The number of carbonyl (C=O) groups excluding carboxylic acids is 2. The van der Waals surface area contributed by atoms with Gasteiger partial charge in [-0.1, -0.05) is 12.1 Å². The van der Waals surface area contributed by atoms with Gasteiger partial charge in [0.2, 0.25) is 5.91 Å². The molecule has 0 saturated carbocycles. The van der Waals surface area contributed by atoms with E-state index in [4.69, 9.17) is 4.74 Å². The van der Waals surface area contributed by atoms with Crippen molar-refractivity contribution in [3.63, 3.8) is 0 Å². The predicted molar refractivity (Wildman–Crippen MR) is 99.0 cm³/mol. The lowest BCUT2D eigenvalue weighted by Crippen LogP contribution is -2.45. The Kier molecular flexibility index (Phi) is 6.77. The molecule has 1 fully saturated rings. The van der Waals surface area contributed by atoms with Gasteiger partial charge in [0, 0.05) is 25.7 Å². The Balaban J connectivity index is 1.79. The second-order valence-corrected chi connectivity index (χ2v) is 7.57. The number of benzene rings is 1. The first kappa shape index (κ1) is 19.9. The molecule has 0 radical (unpaired) electrons. The van der Waals surface area contributed by atoms with E-state index in [0.717, 1.165) is 12.8 Å². The number of carbonyl (C=O) groups is 2. The highest BCUT2D eigenvalue weighted by Gasteiger charge is 2.27. The Bertz CT molecular complexity index is 667. The largest absolute Gasteiger partial charge is 0.444 e. The molecular formula is C20H27FN2O3. The summed E-state index contributed by atoms with van der Waals surface area (Å²) in [6.45, 7) is 7.28. The third-order valence-electron chi connectivity index (χ3n) is 4.01. The van der Waals surface area contributed by atoms with Crippen LogP contribution in [0.5, 0.6) is 0 Å². The first-order valence-corrected chi connectivity index (χ1v) is 8.92. The lowest BCUT2D eigenvalue weighted by atomic mass is 9.98. The van der Waals surface area contributed by atoms with E-state index in [1.807, 2.05) is 20.8 Å². The maximum absolute atomic E-state index is 13.1. The topological polar surface area (TPSA) is 58.6 Å². The van der Waals surface area contributed by atoms with E-state index in [-0.39, 0.29) is 23.7 Å². The molecule has 1 N–H and O–H groups in total. The van der Waals surface area contributed by atoms with Crippen LogP contribution in [-0.2, 0) is 9.53 Å². The second kappa shape index (κ2) is 8.83. The molecular weight excluding hydrogens is 335 g/mol. The molecule has 26 heavy (non-hydrogen) atoms. The maximum Gasteiger partial charge on any atom is 0.410 e. The van der Waals surface area contributed by atoms with E-state index < -0.39 is 5.60 Å². The van der Waals surface area contributed by atoms with Crippen molar-refractivity contribution in [2.45, 2.75) is 39.2 Å². The Morgan fingerprint density at radius 3 is 2.85 bits per heavy atom. The summed E-state index contributed by atoms with van der Waals surface area (Å²) in [4.78, 5) is 25.8. The molecule has 1 aliphatic heterocycles. The SMILES string of the molecule is CC(C)(C)OC(=O)N1CCCC(CNC(=O)/C=C/c2cccc(F)c2)C1. The predicted octanol–water partition coefficient (Wildman–Crippen LogP) is 3.60. The van der Waals surface area contributed by atoms with Crippen LogP contribution < -0.4 is 5.32 Å². The van der Waals surface area contributed by atoms with Gasteiger partial charge in [-0.2, -0.15) is 0 Å². The lowest BCUT2D eigenvalue weighted by molar-refractivity contribution is -0.116. The number of likely N-dealkylation sites (tertiary alicyclic amines) is 1. The molecule has 1 aliphatic rings. The normalized spacial score (nSPS) is 18.0. The minimum atomic E-state index is -0.514. The molecule has 5 nitrogen and oxygen atoms in total. The zero-order valence-corrected chi connectivity index (χ0v) is 15.6. The summed E-state index contributed by atoms with van der Waals surface area (Å²) in [5.41, 5.74) is 0.119. The van der Waals surface area contributed by atoms with E-state index in [2.05, 4.69) is 5.32 Å². The van der Waals surface area contributed by atoms with Gasteiger partial charge in [0.15, 0.2) is 0 Å². The van der Waals surface area contributed by atoms with E-state index in [0.29, 0.717) is 25.2 Å². The molecule has 0 aliphatic carbocycles. The van der Waals surface area contributed by atoms with Gasteiger partial charge in [0.1, 0.15) is 11.4 Å². The summed E-state index contributed by atoms with van der Waals surface area (Å²) in [6.07, 6.45) is 4.50. The summed E-state index contributed by atoms with van der Waals surface area (Å²) < 4.78 is 18.5. The zero-order chi connectivity index (χ0) is 19.2. The van der Waals surface area contributed by atoms with Crippen molar-refractivity contribution in [3.8, 4) is 0 Å². The average Bonchev–Trinajstić information content (AvgIpc) is 2.57. The monoisotopic (exact) mass is 362 g/mol. The van der Waals surface area contributed by atoms with Crippen molar-refractivity contribution in [2.24, 2.45) is 5.92 Å². The van der Waals surface area contributed by atoms with Crippen LogP contribution in [0.1, 0.15) is 39.2 Å². The second-order valence-electron chi connectivity index (χ2n) is 7.57. The van der Waals surface area contributed by atoms with Gasteiger partial charge >= 0.3 is 6.09 Å². The number of rotatable bonds is 4. The lowest BCUT2D eigenvalue weighted by Gasteiger charge is -2.34. The fraction of sp³-hybridized carbons (Fsp3) is 0.500. The van der Waals surface area contributed by atoms with Crippen molar-refractivity contribution < 1.29 is 18.7 Å². The number of ether oxygens (including phenoxy) is 1. The summed E-state index contributed by atoms with van der Waals surface area (Å²) in [7, 11) is 0. The number of hydrogen-bond acceptors (Lipinski definition) is 3. The summed E-state index contributed by atoms with van der Waals surface area (Å²) in [6, 6.07) is 6.05. The molecule has 0 spiro atoms. The van der Waals surface area contributed by atoms with Gasteiger partial charge in [-0.15, -0.1) is 0 Å². The Morgan fingerprint density at radius 1 is 1.38 bits per heavy atom. The summed E-state index contributed by atoms with van der Waals surface area (Å²) in [5, 5.41) is 2.85. The van der Waals surface area contributed by atoms with Crippen LogP contribution in [0.4, 0.5) is 9.18 Å². The standard InChI is InChI=1S/C20H27FN2O3/c1-20(2,3)26-19(25)23-11-5-7-16(14-23)13-22-18(24)10-9-15-6-4-8-17(21)12-15/h4,6,8-10,12,16H,5,7,11,13-14H2,1-3H3,(H,22,24)/b10-9+. The first-order chi connectivity index (χ1) is 12.2. The minimum Gasteiger partial charge on any atom is -0.444 e. The van der Waals surface area contributed by atoms with E-state index in [1.165, 1.54) is 18.2 Å². The van der Waals surface area contributed by atoms with Crippen LogP contribution in [0, 0.1) is 11.7 Å². The van der Waals surface area contributed by atoms with E-state index >= 15 is 0 Å². The van der Waals surface area contributed by atoms with Crippen molar-refractivity contribution in [1.82, 2.24) is 10.2 Å². The fourth-order valence-corrected chi connectivity index (χ4v) is 2.81. The van der Waals surface area contributed by atoms with E-state index in [1.54, 1.807) is 23.1 Å². The van der Waals surface area contributed by atoms with E-state index in [9.17, 15) is 14.0 Å². The first-order valence-electron chi connectivity index (χ1n) is 8.92. The molecule has 0 bridgehead atoms. The van der Waals surface area contributed by atoms with Crippen LogP contribution >= 0.6 is 0 Å². The number of amides is 2. The molecule has 6 heteroatoms. The molecule has 0 aromatic heterocycles. The number of hydrogen-bond donors (Lipinski definition) is 1. The van der Waals surface area contributed by atoms with Crippen LogP contribution in [0.15, 0.2) is 30.3 Å². The van der Waals surface area contributed by atoms with Crippen molar-refractivity contribution in [3.05, 3.63) is 41.7 Å². The molecule has 1 aromatic carbocycles. The number of nitrogens with zero attached hydrogens (tertiary/aromatic N) is 1. The molecule has 1 unspecified atom stereocenters. The molecule has 1 atom stereocenters. The van der Waals surface area contributed by atoms with Crippen LogP contribution in [0.3, 0.4) is 0 Å². The third-order valence-corrected chi connectivity index (χ3v) is 4.01. The van der Waals surface area contributed by atoms with Gasteiger partial charge < -0.3 is 15.0 Å². The Hall–Kier alpha value is -2.37. The minimum absolute atomic E-state index is 0.197. The van der Waals surface area contributed by atoms with Crippen LogP contribution in [0.2, 0.25) is 0 Å². The van der Waals surface area contributed by atoms with Gasteiger partial charge in [-0.3, -0.25) is 4.79 Å². The number of nitrogens with one attached hydrogen (secondary N) is 1. The maximum atomic E-state index is 13.1. The highest BCUT2D eigenvalue weighted by atomic mass is 19.1. The fourth-order valence-electron chi connectivity index (χ4n) is 2.81. The average molecular weight is 362 g/mol. The molecule has 1 saturated heterocycles. The van der Waals surface area contributed by atoms with Crippen LogP contribution in [-0.4, -0.2) is 42.1 Å².